The van der Waals surface area contributed by atoms with Gasteiger partial charge in [-0.2, -0.15) is 0 Å². The molecule has 0 amide bonds. The molecule has 0 radical (unpaired) electrons. The van der Waals surface area contributed by atoms with Crippen molar-refractivity contribution in [3.8, 4) is 0 Å². The van der Waals surface area contributed by atoms with Gasteiger partial charge in [-0.15, -0.1) is 23.1 Å². The number of benzene rings is 1. The first-order valence-electron chi connectivity index (χ1n) is 5.88. The van der Waals surface area contributed by atoms with Crippen molar-refractivity contribution in [2.75, 3.05) is 12.3 Å². The van der Waals surface area contributed by atoms with Crippen LogP contribution in [-0.4, -0.2) is 12.3 Å². The Hall–Kier alpha value is -0.480. The third kappa shape index (κ3) is 4.65. The van der Waals surface area contributed by atoms with Crippen LogP contribution in [0.15, 0.2) is 41.3 Å². The Bertz CT molecular complexity index is 479. The SMILES string of the molecule is Cc1ccc(SCCNCc2ccc(Cl)s2)cc1. The molecular formula is C14H16ClNS2. The summed E-state index contributed by atoms with van der Waals surface area (Å²) in [6.07, 6.45) is 0. The lowest BCUT2D eigenvalue weighted by atomic mass is 10.2. The number of nitrogens with one attached hydrogen (secondary N) is 1. The van der Waals surface area contributed by atoms with Gasteiger partial charge in [-0.3, -0.25) is 0 Å². The van der Waals surface area contributed by atoms with Crippen molar-refractivity contribution in [3.63, 3.8) is 0 Å². The summed E-state index contributed by atoms with van der Waals surface area (Å²) in [6, 6.07) is 12.7. The van der Waals surface area contributed by atoms with Gasteiger partial charge in [0, 0.05) is 28.6 Å². The highest BCUT2D eigenvalue weighted by atomic mass is 35.5. The molecule has 0 saturated carbocycles. The summed E-state index contributed by atoms with van der Waals surface area (Å²) in [4.78, 5) is 2.63. The number of hydrogen-bond acceptors (Lipinski definition) is 3. The molecule has 0 saturated heterocycles. The largest absolute Gasteiger partial charge is 0.311 e. The van der Waals surface area contributed by atoms with E-state index in [1.54, 1.807) is 11.3 Å². The zero-order valence-corrected chi connectivity index (χ0v) is 12.7. The first-order chi connectivity index (χ1) is 8.74. The predicted molar refractivity (Wildman–Crippen MR) is 82.9 cm³/mol. The van der Waals surface area contributed by atoms with Crippen molar-refractivity contribution in [2.24, 2.45) is 0 Å². The number of thioether (sulfide) groups is 1. The van der Waals surface area contributed by atoms with Crippen LogP contribution in [0, 0.1) is 6.92 Å². The minimum atomic E-state index is 0.862. The topological polar surface area (TPSA) is 12.0 Å². The number of aryl methyl sites for hydroxylation is 1. The van der Waals surface area contributed by atoms with Gasteiger partial charge in [-0.05, 0) is 31.2 Å². The van der Waals surface area contributed by atoms with Crippen LogP contribution < -0.4 is 5.32 Å². The van der Waals surface area contributed by atoms with Crippen molar-refractivity contribution < 1.29 is 0 Å². The Morgan fingerprint density at radius 1 is 1.17 bits per heavy atom. The van der Waals surface area contributed by atoms with Gasteiger partial charge in [-0.1, -0.05) is 29.3 Å². The highest BCUT2D eigenvalue weighted by molar-refractivity contribution is 7.99. The molecule has 0 fully saturated rings. The van der Waals surface area contributed by atoms with Crippen molar-refractivity contribution in [1.29, 1.82) is 0 Å². The number of hydrogen-bond donors (Lipinski definition) is 1. The molecule has 96 valence electrons. The van der Waals surface area contributed by atoms with Crippen LogP contribution in [-0.2, 0) is 6.54 Å². The van der Waals surface area contributed by atoms with Crippen LogP contribution in [0.25, 0.3) is 0 Å². The van der Waals surface area contributed by atoms with E-state index in [9.17, 15) is 0 Å². The minimum absolute atomic E-state index is 0.862. The molecule has 18 heavy (non-hydrogen) atoms. The molecule has 1 aromatic carbocycles. The van der Waals surface area contributed by atoms with Crippen LogP contribution >= 0.6 is 34.7 Å². The van der Waals surface area contributed by atoms with Crippen molar-refractivity contribution in [3.05, 3.63) is 51.2 Å². The van der Waals surface area contributed by atoms with Gasteiger partial charge < -0.3 is 5.32 Å². The molecule has 1 nitrogen and oxygen atoms in total. The average molecular weight is 298 g/mol. The summed E-state index contributed by atoms with van der Waals surface area (Å²) in [6.45, 7) is 4.03. The average Bonchev–Trinajstić information content (AvgIpc) is 2.77. The van der Waals surface area contributed by atoms with Crippen molar-refractivity contribution in [1.82, 2.24) is 5.32 Å². The maximum Gasteiger partial charge on any atom is 0.0931 e. The van der Waals surface area contributed by atoms with Crippen LogP contribution in [0.2, 0.25) is 4.34 Å². The van der Waals surface area contributed by atoms with E-state index in [4.69, 9.17) is 11.6 Å². The van der Waals surface area contributed by atoms with E-state index in [2.05, 4.69) is 42.6 Å². The van der Waals surface area contributed by atoms with Gasteiger partial charge in [0.2, 0.25) is 0 Å². The van der Waals surface area contributed by atoms with E-state index in [1.165, 1.54) is 15.3 Å². The summed E-state index contributed by atoms with van der Waals surface area (Å²) >= 11 is 9.40. The first-order valence-corrected chi connectivity index (χ1v) is 8.06. The van der Waals surface area contributed by atoms with E-state index in [1.807, 2.05) is 17.8 Å². The fourth-order valence-corrected chi connectivity index (χ4v) is 3.40. The van der Waals surface area contributed by atoms with Gasteiger partial charge in [-0.25, -0.2) is 0 Å². The first kappa shape index (κ1) is 13.9. The lowest BCUT2D eigenvalue weighted by Crippen LogP contribution is -2.15. The molecule has 0 aliphatic rings. The highest BCUT2D eigenvalue weighted by Gasteiger charge is 1.97. The quantitative estimate of drug-likeness (QED) is 0.618. The van der Waals surface area contributed by atoms with Gasteiger partial charge in [0.25, 0.3) is 0 Å². The zero-order chi connectivity index (χ0) is 12.8. The number of rotatable bonds is 6. The molecule has 2 aromatic rings. The highest BCUT2D eigenvalue weighted by Crippen LogP contribution is 2.21. The van der Waals surface area contributed by atoms with Crippen molar-refractivity contribution >= 4 is 34.7 Å². The Morgan fingerprint density at radius 2 is 1.94 bits per heavy atom. The molecule has 1 N–H and O–H groups in total. The Kier molecular flexibility index (Phi) is 5.57. The maximum absolute atomic E-state index is 5.88. The van der Waals surface area contributed by atoms with Gasteiger partial charge in [0.15, 0.2) is 0 Å². The third-order valence-electron chi connectivity index (χ3n) is 2.50. The Morgan fingerprint density at radius 3 is 2.61 bits per heavy atom. The predicted octanol–water partition coefficient (Wildman–Crippen LogP) is 4.59. The van der Waals surface area contributed by atoms with E-state index < -0.39 is 0 Å². The van der Waals surface area contributed by atoms with E-state index >= 15 is 0 Å². The van der Waals surface area contributed by atoms with Crippen LogP contribution in [0.3, 0.4) is 0 Å². The van der Waals surface area contributed by atoms with Gasteiger partial charge >= 0.3 is 0 Å². The summed E-state index contributed by atoms with van der Waals surface area (Å²) in [5.41, 5.74) is 1.31. The Balaban J connectivity index is 1.63. The van der Waals surface area contributed by atoms with E-state index in [-0.39, 0.29) is 0 Å². The second-order valence-corrected chi connectivity index (χ2v) is 7.01. The molecule has 0 unspecified atom stereocenters. The molecule has 0 aliphatic heterocycles. The molecule has 4 heteroatoms. The fourth-order valence-electron chi connectivity index (χ4n) is 1.53. The third-order valence-corrected chi connectivity index (χ3v) is 4.74. The molecular weight excluding hydrogens is 282 g/mol. The maximum atomic E-state index is 5.88. The standard InChI is InChI=1S/C14H16ClNS2/c1-11-2-4-12(5-3-11)17-9-8-16-10-13-6-7-14(15)18-13/h2-7,16H,8-10H2,1H3. The molecule has 0 aliphatic carbocycles. The van der Waals surface area contributed by atoms with E-state index in [0.717, 1.165) is 23.2 Å². The molecule has 0 spiro atoms. The van der Waals surface area contributed by atoms with Gasteiger partial charge in [0.05, 0.1) is 4.34 Å². The lowest BCUT2D eigenvalue weighted by Gasteiger charge is -2.03. The fraction of sp³-hybridized carbons (Fsp3) is 0.286. The van der Waals surface area contributed by atoms with E-state index in [0.29, 0.717) is 0 Å². The summed E-state index contributed by atoms with van der Waals surface area (Å²) in [7, 11) is 0. The van der Waals surface area contributed by atoms with Crippen LogP contribution in [0.5, 0.6) is 0 Å². The Labute approximate surface area is 122 Å². The molecule has 1 aromatic heterocycles. The summed E-state index contributed by atoms with van der Waals surface area (Å²) < 4.78 is 0.862. The monoisotopic (exact) mass is 297 g/mol. The number of halogens is 1. The van der Waals surface area contributed by atoms with Gasteiger partial charge in [0.1, 0.15) is 0 Å². The molecule has 0 atom stereocenters. The zero-order valence-electron chi connectivity index (χ0n) is 10.3. The minimum Gasteiger partial charge on any atom is -0.311 e. The summed E-state index contributed by atoms with van der Waals surface area (Å²) in [5, 5.41) is 3.43. The van der Waals surface area contributed by atoms with Crippen LogP contribution in [0.1, 0.15) is 10.4 Å². The molecule has 2 rings (SSSR count). The van der Waals surface area contributed by atoms with Crippen molar-refractivity contribution in [2.45, 2.75) is 18.4 Å². The lowest BCUT2D eigenvalue weighted by molar-refractivity contribution is 0.741. The second kappa shape index (κ2) is 7.19. The summed E-state index contributed by atoms with van der Waals surface area (Å²) in [5.74, 6) is 1.09. The normalized spacial score (nSPS) is 10.8. The van der Waals surface area contributed by atoms with Crippen LogP contribution in [0.4, 0.5) is 0 Å². The molecule has 1 heterocycles. The second-order valence-electron chi connectivity index (χ2n) is 4.04. The number of thiophene rings is 1. The molecule has 0 bridgehead atoms. The smallest absolute Gasteiger partial charge is 0.0931 e.